The number of nitrogens with two attached hydrogens (primary N) is 1. The van der Waals surface area contributed by atoms with Crippen molar-refractivity contribution in [3.63, 3.8) is 0 Å². The van der Waals surface area contributed by atoms with Gasteiger partial charge in [0.05, 0.1) is 6.61 Å². The maximum Gasteiger partial charge on any atom is 0.303 e. The highest BCUT2D eigenvalue weighted by Crippen LogP contribution is 2.32. The smallest absolute Gasteiger partial charge is 0.303 e. The summed E-state index contributed by atoms with van der Waals surface area (Å²) in [5.41, 5.74) is 9.75. The lowest BCUT2D eigenvalue weighted by Gasteiger charge is -2.14. The Bertz CT molecular complexity index is 471. The van der Waals surface area contributed by atoms with E-state index in [1.807, 2.05) is 13.0 Å². The number of aliphatic carboxylic acids is 1. The fourth-order valence-electron chi connectivity index (χ4n) is 2.76. The third-order valence-electron chi connectivity index (χ3n) is 3.55. The minimum atomic E-state index is -0.748. The Morgan fingerprint density at radius 2 is 2.26 bits per heavy atom. The van der Waals surface area contributed by atoms with Gasteiger partial charge in [-0.2, -0.15) is 0 Å². The molecule has 19 heavy (non-hydrogen) atoms. The summed E-state index contributed by atoms with van der Waals surface area (Å²) in [7, 11) is 0. The van der Waals surface area contributed by atoms with Crippen molar-refractivity contribution < 1.29 is 14.6 Å². The quantitative estimate of drug-likeness (QED) is 0.822. The molecule has 0 heterocycles. The molecule has 0 aliphatic heterocycles. The van der Waals surface area contributed by atoms with E-state index in [1.165, 1.54) is 11.1 Å². The first-order chi connectivity index (χ1) is 9.11. The lowest BCUT2D eigenvalue weighted by atomic mass is 9.97. The molecule has 0 saturated heterocycles. The van der Waals surface area contributed by atoms with E-state index >= 15 is 0 Å². The predicted octanol–water partition coefficient (Wildman–Crippen LogP) is 1.92. The molecule has 1 aliphatic carbocycles. The fraction of sp³-hybridized carbons (Fsp3) is 0.533. The Hall–Kier alpha value is -1.55. The molecule has 1 unspecified atom stereocenters. The molecule has 0 saturated carbocycles. The highest BCUT2D eigenvalue weighted by molar-refractivity contribution is 5.66. The van der Waals surface area contributed by atoms with Gasteiger partial charge in [0.25, 0.3) is 0 Å². The summed E-state index contributed by atoms with van der Waals surface area (Å²) < 4.78 is 5.67. The molecule has 4 heteroatoms. The van der Waals surface area contributed by atoms with E-state index in [0.29, 0.717) is 13.0 Å². The van der Waals surface area contributed by atoms with Crippen LogP contribution in [0.1, 0.15) is 36.5 Å². The zero-order valence-corrected chi connectivity index (χ0v) is 11.3. The van der Waals surface area contributed by atoms with Crippen LogP contribution in [0, 0.1) is 0 Å². The second-order valence-corrected chi connectivity index (χ2v) is 5.03. The van der Waals surface area contributed by atoms with Crippen LogP contribution in [-0.4, -0.2) is 23.7 Å². The van der Waals surface area contributed by atoms with Crippen molar-refractivity contribution >= 4 is 5.97 Å². The highest BCUT2D eigenvalue weighted by Gasteiger charge is 2.23. The van der Waals surface area contributed by atoms with Gasteiger partial charge in [-0.15, -0.1) is 0 Å². The standard InChI is InChI=1S/C15H21NO3/c1-2-19-14-7-6-10-8-11(16)9-13(10)12(14)4-3-5-15(17)18/h6-7,11H,2-5,8-9,16H2,1H3,(H,17,18). The SMILES string of the molecule is CCOc1ccc2c(c1CCCC(=O)O)CC(N)C2. The van der Waals surface area contributed by atoms with E-state index in [-0.39, 0.29) is 12.5 Å². The van der Waals surface area contributed by atoms with Gasteiger partial charge in [0.2, 0.25) is 0 Å². The Morgan fingerprint density at radius 1 is 1.47 bits per heavy atom. The van der Waals surface area contributed by atoms with Crippen LogP contribution in [0.2, 0.25) is 0 Å². The van der Waals surface area contributed by atoms with Gasteiger partial charge in [-0.1, -0.05) is 6.07 Å². The summed E-state index contributed by atoms with van der Waals surface area (Å²) in [5, 5.41) is 8.75. The van der Waals surface area contributed by atoms with Crippen molar-refractivity contribution in [3.8, 4) is 5.75 Å². The maximum absolute atomic E-state index is 10.6. The topological polar surface area (TPSA) is 72.5 Å². The van der Waals surface area contributed by atoms with Crippen molar-refractivity contribution in [3.05, 3.63) is 28.8 Å². The number of carbonyl (C=O) groups is 1. The van der Waals surface area contributed by atoms with Gasteiger partial charge in [0, 0.05) is 12.5 Å². The van der Waals surface area contributed by atoms with Crippen LogP contribution < -0.4 is 10.5 Å². The molecule has 4 nitrogen and oxygen atoms in total. The first kappa shape index (κ1) is 13.9. The number of benzene rings is 1. The Balaban J connectivity index is 2.22. The van der Waals surface area contributed by atoms with Gasteiger partial charge in [-0.3, -0.25) is 4.79 Å². The van der Waals surface area contributed by atoms with Crippen molar-refractivity contribution in [1.82, 2.24) is 0 Å². The largest absolute Gasteiger partial charge is 0.494 e. The van der Waals surface area contributed by atoms with Crippen molar-refractivity contribution in [1.29, 1.82) is 0 Å². The third kappa shape index (κ3) is 3.26. The second kappa shape index (κ2) is 6.06. The lowest BCUT2D eigenvalue weighted by Crippen LogP contribution is -2.19. The summed E-state index contributed by atoms with van der Waals surface area (Å²) in [6.07, 6.45) is 3.37. The molecule has 0 fully saturated rings. The van der Waals surface area contributed by atoms with Gasteiger partial charge in [-0.05, 0) is 55.4 Å². The third-order valence-corrected chi connectivity index (χ3v) is 3.55. The monoisotopic (exact) mass is 263 g/mol. The Labute approximate surface area is 113 Å². The molecule has 0 bridgehead atoms. The number of carboxylic acids is 1. The summed E-state index contributed by atoms with van der Waals surface area (Å²) in [6.45, 7) is 2.58. The molecule has 0 radical (unpaired) electrons. The molecular formula is C15H21NO3. The van der Waals surface area contributed by atoms with Crippen LogP contribution in [0.4, 0.5) is 0 Å². The average Bonchev–Trinajstić information content (AvgIpc) is 2.72. The molecule has 104 valence electrons. The summed E-state index contributed by atoms with van der Waals surface area (Å²) in [5.74, 6) is 0.142. The minimum Gasteiger partial charge on any atom is -0.494 e. The first-order valence-electron chi connectivity index (χ1n) is 6.85. The molecule has 1 aliphatic rings. The Kier molecular flexibility index (Phi) is 4.43. The lowest BCUT2D eigenvalue weighted by molar-refractivity contribution is -0.137. The normalized spacial score (nSPS) is 17.3. The molecule has 0 aromatic heterocycles. The Morgan fingerprint density at radius 3 is 2.95 bits per heavy atom. The van der Waals surface area contributed by atoms with E-state index in [0.717, 1.165) is 30.6 Å². The van der Waals surface area contributed by atoms with Gasteiger partial charge < -0.3 is 15.6 Å². The predicted molar refractivity (Wildman–Crippen MR) is 73.6 cm³/mol. The molecule has 2 rings (SSSR count). The molecule has 1 atom stereocenters. The molecule has 0 spiro atoms. The number of hydrogen-bond acceptors (Lipinski definition) is 3. The number of ether oxygens (including phenoxy) is 1. The second-order valence-electron chi connectivity index (χ2n) is 5.03. The zero-order chi connectivity index (χ0) is 13.8. The summed E-state index contributed by atoms with van der Waals surface area (Å²) in [4.78, 5) is 10.6. The van der Waals surface area contributed by atoms with Crippen molar-refractivity contribution in [2.75, 3.05) is 6.61 Å². The fourth-order valence-corrected chi connectivity index (χ4v) is 2.76. The minimum absolute atomic E-state index is 0.185. The van der Waals surface area contributed by atoms with Crippen molar-refractivity contribution in [2.24, 2.45) is 5.73 Å². The van der Waals surface area contributed by atoms with E-state index < -0.39 is 5.97 Å². The number of hydrogen-bond donors (Lipinski definition) is 2. The molecule has 3 N–H and O–H groups in total. The number of fused-ring (bicyclic) bond motifs is 1. The summed E-state index contributed by atoms with van der Waals surface area (Å²) in [6, 6.07) is 4.27. The van der Waals surface area contributed by atoms with E-state index in [4.69, 9.17) is 15.6 Å². The van der Waals surface area contributed by atoms with Crippen molar-refractivity contribution in [2.45, 2.75) is 45.1 Å². The van der Waals surface area contributed by atoms with Gasteiger partial charge >= 0.3 is 5.97 Å². The van der Waals surface area contributed by atoms with E-state index in [9.17, 15) is 4.79 Å². The first-order valence-corrected chi connectivity index (χ1v) is 6.85. The molecule has 1 aromatic rings. The molecule has 1 aromatic carbocycles. The van der Waals surface area contributed by atoms with Gasteiger partial charge in [-0.25, -0.2) is 0 Å². The van der Waals surface area contributed by atoms with Crippen LogP contribution in [0.5, 0.6) is 5.75 Å². The molecule has 0 amide bonds. The number of rotatable bonds is 6. The average molecular weight is 263 g/mol. The van der Waals surface area contributed by atoms with Crippen LogP contribution in [0.15, 0.2) is 12.1 Å². The maximum atomic E-state index is 10.6. The van der Waals surface area contributed by atoms with Crippen LogP contribution >= 0.6 is 0 Å². The van der Waals surface area contributed by atoms with E-state index in [2.05, 4.69) is 6.07 Å². The van der Waals surface area contributed by atoms with Gasteiger partial charge in [0.15, 0.2) is 0 Å². The van der Waals surface area contributed by atoms with E-state index in [1.54, 1.807) is 0 Å². The number of carboxylic acid groups (broad SMARTS) is 1. The molecular weight excluding hydrogens is 242 g/mol. The van der Waals surface area contributed by atoms with Crippen LogP contribution in [0.25, 0.3) is 0 Å². The highest BCUT2D eigenvalue weighted by atomic mass is 16.5. The van der Waals surface area contributed by atoms with Crippen LogP contribution in [0.3, 0.4) is 0 Å². The van der Waals surface area contributed by atoms with Crippen LogP contribution in [-0.2, 0) is 24.1 Å². The van der Waals surface area contributed by atoms with Gasteiger partial charge in [0.1, 0.15) is 5.75 Å². The zero-order valence-electron chi connectivity index (χ0n) is 11.3. The summed E-state index contributed by atoms with van der Waals surface area (Å²) >= 11 is 0.